The number of carbonyl (C=O) groups is 1. The van der Waals surface area contributed by atoms with Crippen LogP contribution in [0.5, 0.6) is 0 Å². The number of hydrogen-bond acceptors (Lipinski definition) is 8. The maximum Gasteiger partial charge on any atom is 0.306 e. The fourth-order valence-electron chi connectivity index (χ4n) is 1.41. The average molecular weight is 268 g/mol. The second-order valence-corrected chi connectivity index (χ2v) is 4.14. The van der Waals surface area contributed by atoms with E-state index in [4.69, 9.17) is 9.47 Å². The van der Waals surface area contributed by atoms with Crippen molar-refractivity contribution in [2.24, 2.45) is 0 Å². The van der Waals surface area contributed by atoms with Crippen molar-refractivity contribution in [3.63, 3.8) is 0 Å². The van der Waals surface area contributed by atoms with E-state index < -0.39 is 36.7 Å². The largest absolute Gasteiger partial charge is 0.463 e. The van der Waals surface area contributed by atoms with Gasteiger partial charge in [-0.3, -0.25) is 4.79 Å². The first-order chi connectivity index (χ1) is 7.97. The van der Waals surface area contributed by atoms with E-state index in [0.29, 0.717) is 5.75 Å². The molecule has 0 aliphatic carbocycles. The molecular formula is C9H16O7S. The van der Waals surface area contributed by atoms with Crippen LogP contribution in [0, 0.1) is 0 Å². The summed E-state index contributed by atoms with van der Waals surface area (Å²) in [5.41, 5.74) is 0. The first kappa shape index (κ1) is 14.7. The summed E-state index contributed by atoms with van der Waals surface area (Å²) in [4.78, 5) is 11.0. The Morgan fingerprint density at radius 2 is 1.82 bits per heavy atom. The second-order valence-electron chi connectivity index (χ2n) is 3.69. The van der Waals surface area contributed by atoms with Crippen LogP contribution in [-0.2, 0) is 14.3 Å². The summed E-state index contributed by atoms with van der Waals surface area (Å²) < 4.78 is 9.56. The van der Waals surface area contributed by atoms with Crippen LogP contribution in [0.4, 0.5) is 0 Å². The number of esters is 1. The Morgan fingerprint density at radius 3 is 2.41 bits per heavy atom. The van der Waals surface area contributed by atoms with Crippen LogP contribution in [0.1, 0.15) is 6.42 Å². The normalized spacial score (nSPS) is 37.8. The predicted octanol–water partition coefficient (Wildman–Crippen LogP) is -2.35. The van der Waals surface area contributed by atoms with Gasteiger partial charge in [0.15, 0.2) is 6.29 Å². The Morgan fingerprint density at radius 1 is 1.18 bits per heavy atom. The van der Waals surface area contributed by atoms with E-state index in [0.717, 1.165) is 0 Å². The highest BCUT2D eigenvalue weighted by Crippen LogP contribution is 2.20. The van der Waals surface area contributed by atoms with Gasteiger partial charge in [-0.15, -0.1) is 0 Å². The van der Waals surface area contributed by atoms with Gasteiger partial charge >= 0.3 is 5.97 Å². The molecule has 5 atom stereocenters. The van der Waals surface area contributed by atoms with Crippen molar-refractivity contribution in [1.29, 1.82) is 0 Å². The maximum atomic E-state index is 11.0. The molecule has 1 fully saturated rings. The van der Waals surface area contributed by atoms with Gasteiger partial charge in [0.25, 0.3) is 0 Å². The molecule has 0 bridgehead atoms. The lowest BCUT2D eigenvalue weighted by Crippen LogP contribution is -2.58. The molecule has 1 saturated heterocycles. The van der Waals surface area contributed by atoms with Crippen LogP contribution < -0.4 is 0 Å². The van der Waals surface area contributed by atoms with E-state index >= 15 is 0 Å². The maximum absolute atomic E-state index is 11.0. The molecule has 4 N–H and O–H groups in total. The van der Waals surface area contributed by atoms with E-state index in [1.807, 2.05) is 0 Å². The van der Waals surface area contributed by atoms with E-state index in [1.165, 1.54) is 0 Å². The van der Waals surface area contributed by atoms with E-state index in [-0.39, 0.29) is 13.0 Å². The van der Waals surface area contributed by atoms with Gasteiger partial charge in [0.05, 0.1) is 6.42 Å². The summed E-state index contributed by atoms with van der Waals surface area (Å²) >= 11 is 3.84. The molecule has 1 rings (SSSR count). The quantitative estimate of drug-likeness (QED) is 0.286. The van der Waals surface area contributed by atoms with Gasteiger partial charge in [-0.1, -0.05) is 0 Å². The lowest BCUT2D eigenvalue weighted by Gasteiger charge is -2.37. The van der Waals surface area contributed by atoms with Crippen molar-refractivity contribution in [2.45, 2.75) is 37.1 Å². The Labute approximate surface area is 103 Å². The van der Waals surface area contributed by atoms with Crippen LogP contribution in [0.2, 0.25) is 0 Å². The number of rotatable bonds is 4. The van der Waals surface area contributed by atoms with Crippen LogP contribution in [0.25, 0.3) is 0 Å². The summed E-state index contributed by atoms with van der Waals surface area (Å²) in [5.74, 6) is -0.192. The van der Waals surface area contributed by atoms with Crippen molar-refractivity contribution in [3.8, 4) is 0 Å². The molecular weight excluding hydrogens is 252 g/mol. The Hall–Kier alpha value is -0.380. The number of ether oxygens (including phenoxy) is 2. The minimum atomic E-state index is -1.62. The van der Waals surface area contributed by atoms with Gasteiger partial charge in [-0.25, -0.2) is 0 Å². The molecule has 0 aromatic rings. The lowest BCUT2D eigenvalue weighted by molar-refractivity contribution is -0.287. The second kappa shape index (κ2) is 6.53. The minimum absolute atomic E-state index is 0.111. The summed E-state index contributed by atoms with van der Waals surface area (Å²) in [6.45, 7) is -0.311. The van der Waals surface area contributed by atoms with E-state index in [1.54, 1.807) is 0 Å². The highest BCUT2D eigenvalue weighted by atomic mass is 32.1. The van der Waals surface area contributed by atoms with Crippen molar-refractivity contribution in [3.05, 3.63) is 0 Å². The zero-order chi connectivity index (χ0) is 13.0. The monoisotopic (exact) mass is 268 g/mol. The van der Waals surface area contributed by atoms with Crippen molar-refractivity contribution in [2.75, 3.05) is 12.4 Å². The zero-order valence-electron chi connectivity index (χ0n) is 8.97. The number of hydrogen-bond donors (Lipinski definition) is 5. The summed E-state index contributed by atoms with van der Waals surface area (Å²) in [6.07, 6.45) is -7.16. The van der Waals surface area contributed by atoms with Crippen LogP contribution >= 0.6 is 12.6 Å². The Kier molecular flexibility index (Phi) is 5.63. The van der Waals surface area contributed by atoms with Gasteiger partial charge in [0.2, 0.25) is 0 Å². The third-order valence-corrected chi connectivity index (χ3v) is 2.64. The first-order valence-electron chi connectivity index (χ1n) is 5.11. The molecule has 7 nitrogen and oxygen atoms in total. The van der Waals surface area contributed by atoms with Gasteiger partial charge in [-0.2, -0.15) is 12.6 Å². The number of aliphatic hydroxyl groups excluding tert-OH is 4. The molecule has 8 heteroatoms. The predicted molar refractivity (Wildman–Crippen MR) is 58.3 cm³/mol. The van der Waals surface area contributed by atoms with Crippen molar-refractivity contribution < 1.29 is 34.7 Å². The molecule has 1 heterocycles. The van der Waals surface area contributed by atoms with Gasteiger partial charge in [0, 0.05) is 5.75 Å². The fourth-order valence-corrected chi connectivity index (χ4v) is 1.59. The van der Waals surface area contributed by atoms with E-state index in [2.05, 4.69) is 12.6 Å². The number of thiol groups is 1. The molecule has 0 amide bonds. The first-order valence-corrected chi connectivity index (χ1v) is 5.74. The molecule has 1 aliphatic heterocycles. The molecule has 17 heavy (non-hydrogen) atoms. The summed E-state index contributed by atoms with van der Waals surface area (Å²) in [5, 5.41) is 37.3. The Bertz CT molecular complexity index is 262. The molecule has 0 unspecified atom stereocenters. The minimum Gasteiger partial charge on any atom is -0.463 e. The standard InChI is InChI=1S/C9H16O7S/c10-5(1-2-17)15-3-4-6(11)7(12)8(13)9(14)16-4/h4,6-9,11-14,17H,1-3H2/t4-,6-,7+,8+,9+/m1/s1. The van der Waals surface area contributed by atoms with Crippen molar-refractivity contribution in [1.82, 2.24) is 0 Å². The number of carbonyl (C=O) groups excluding carboxylic acids is 1. The topological polar surface area (TPSA) is 116 Å². The highest BCUT2D eigenvalue weighted by Gasteiger charge is 2.43. The highest BCUT2D eigenvalue weighted by molar-refractivity contribution is 7.80. The molecule has 1 aliphatic rings. The van der Waals surface area contributed by atoms with Gasteiger partial charge in [0.1, 0.15) is 31.0 Å². The molecule has 0 spiro atoms. The SMILES string of the molecule is O=C(CCS)OC[C@H]1O[C@H](O)[C@@H](O)[C@@H](O)[C@@H]1O. The summed E-state index contributed by atoms with van der Waals surface area (Å²) in [6, 6.07) is 0. The average Bonchev–Trinajstić information content (AvgIpc) is 2.30. The fraction of sp³-hybridized carbons (Fsp3) is 0.889. The van der Waals surface area contributed by atoms with Crippen LogP contribution in [0.15, 0.2) is 0 Å². The molecule has 100 valence electrons. The van der Waals surface area contributed by atoms with Gasteiger partial charge in [-0.05, 0) is 0 Å². The zero-order valence-corrected chi connectivity index (χ0v) is 9.86. The molecule has 0 aromatic heterocycles. The van der Waals surface area contributed by atoms with Crippen LogP contribution in [-0.4, -0.2) is 69.5 Å². The third kappa shape index (κ3) is 3.80. The molecule has 0 saturated carbocycles. The number of aliphatic hydroxyl groups is 4. The summed E-state index contributed by atoms with van der Waals surface area (Å²) in [7, 11) is 0. The van der Waals surface area contributed by atoms with Crippen LogP contribution in [0.3, 0.4) is 0 Å². The van der Waals surface area contributed by atoms with Crippen molar-refractivity contribution >= 4 is 18.6 Å². The lowest BCUT2D eigenvalue weighted by atomic mass is 9.99. The smallest absolute Gasteiger partial charge is 0.306 e. The van der Waals surface area contributed by atoms with E-state index in [9.17, 15) is 25.2 Å². The Balaban J connectivity index is 2.45. The molecule has 0 radical (unpaired) electrons. The molecule has 0 aromatic carbocycles. The van der Waals surface area contributed by atoms with Gasteiger partial charge < -0.3 is 29.9 Å². The third-order valence-electron chi connectivity index (χ3n) is 2.41.